The summed E-state index contributed by atoms with van der Waals surface area (Å²) < 4.78 is 10.6. The van der Waals surface area contributed by atoms with Crippen LogP contribution in [0.4, 0.5) is 0 Å². The number of esters is 1. The second-order valence-corrected chi connectivity index (χ2v) is 6.37. The van der Waals surface area contributed by atoms with Crippen LogP contribution >= 0.6 is 0 Å². The Morgan fingerprint density at radius 2 is 1.77 bits per heavy atom. The molecule has 2 rings (SSSR count). The fourth-order valence-electron chi connectivity index (χ4n) is 2.85. The van der Waals surface area contributed by atoms with E-state index >= 15 is 0 Å². The molecule has 3 heteroatoms. The van der Waals surface area contributed by atoms with Gasteiger partial charge in [0.05, 0.1) is 19.8 Å². The Balaban J connectivity index is 2.59. The molecule has 0 saturated heterocycles. The van der Waals surface area contributed by atoms with Gasteiger partial charge >= 0.3 is 5.97 Å². The number of carbonyl (C=O) groups is 1. The number of methoxy groups -OCH3 is 2. The van der Waals surface area contributed by atoms with Crippen LogP contribution in [0.25, 0.3) is 12.2 Å². The van der Waals surface area contributed by atoms with Gasteiger partial charge in [-0.25, -0.2) is 4.79 Å². The SMILES string of the molecule is COC(=O)c1c(/C=C/c2ccccc2)cc(OC)c(CC=C(C)C)c1C. The molecule has 26 heavy (non-hydrogen) atoms. The average molecular weight is 350 g/mol. The molecule has 0 aromatic heterocycles. The van der Waals surface area contributed by atoms with Crippen molar-refractivity contribution < 1.29 is 14.3 Å². The number of ether oxygens (including phenoxy) is 2. The Morgan fingerprint density at radius 1 is 1.08 bits per heavy atom. The van der Waals surface area contributed by atoms with Gasteiger partial charge in [0, 0.05) is 5.56 Å². The molecule has 0 fully saturated rings. The van der Waals surface area contributed by atoms with E-state index in [0.717, 1.165) is 28.0 Å². The zero-order valence-electron chi connectivity index (χ0n) is 16.1. The van der Waals surface area contributed by atoms with Crippen LogP contribution in [0, 0.1) is 6.92 Å². The van der Waals surface area contributed by atoms with E-state index < -0.39 is 0 Å². The average Bonchev–Trinajstić information content (AvgIpc) is 2.65. The van der Waals surface area contributed by atoms with E-state index in [1.807, 2.05) is 55.5 Å². The number of benzene rings is 2. The van der Waals surface area contributed by atoms with Crippen LogP contribution in [0.3, 0.4) is 0 Å². The quantitative estimate of drug-likeness (QED) is 0.394. The summed E-state index contributed by atoms with van der Waals surface area (Å²) >= 11 is 0. The first kappa shape index (κ1) is 19.5. The van der Waals surface area contributed by atoms with Gasteiger partial charge < -0.3 is 9.47 Å². The van der Waals surface area contributed by atoms with Gasteiger partial charge in [0.15, 0.2) is 0 Å². The molecule has 0 N–H and O–H groups in total. The van der Waals surface area contributed by atoms with Gasteiger partial charge in [0.2, 0.25) is 0 Å². The molecular weight excluding hydrogens is 324 g/mol. The predicted octanol–water partition coefficient (Wildman–Crippen LogP) is 5.47. The lowest BCUT2D eigenvalue weighted by Gasteiger charge is -2.16. The smallest absolute Gasteiger partial charge is 0.338 e. The first-order chi connectivity index (χ1) is 12.5. The first-order valence-electron chi connectivity index (χ1n) is 8.63. The lowest BCUT2D eigenvalue weighted by atomic mass is 9.93. The molecule has 0 unspecified atom stereocenters. The predicted molar refractivity (Wildman–Crippen MR) is 108 cm³/mol. The summed E-state index contributed by atoms with van der Waals surface area (Å²) in [6, 6.07) is 11.9. The highest BCUT2D eigenvalue weighted by molar-refractivity contribution is 5.97. The summed E-state index contributed by atoms with van der Waals surface area (Å²) in [5.74, 6) is 0.441. The van der Waals surface area contributed by atoms with Gasteiger partial charge in [-0.2, -0.15) is 0 Å². The molecule has 2 aromatic rings. The Morgan fingerprint density at radius 3 is 2.35 bits per heavy atom. The molecule has 0 spiro atoms. The Bertz CT molecular complexity index is 826. The first-order valence-corrected chi connectivity index (χ1v) is 8.63. The molecule has 0 aliphatic carbocycles. The van der Waals surface area contributed by atoms with E-state index in [9.17, 15) is 4.79 Å². The molecule has 0 saturated carbocycles. The Hall–Kier alpha value is -2.81. The number of carbonyl (C=O) groups excluding carboxylic acids is 1. The van der Waals surface area contributed by atoms with E-state index in [2.05, 4.69) is 19.9 Å². The van der Waals surface area contributed by atoms with E-state index in [-0.39, 0.29) is 5.97 Å². The minimum Gasteiger partial charge on any atom is -0.496 e. The maximum atomic E-state index is 12.4. The summed E-state index contributed by atoms with van der Waals surface area (Å²) in [4.78, 5) is 12.4. The summed E-state index contributed by atoms with van der Waals surface area (Å²) in [6.45, 7) is 6.06. The van der Waals surface area contributed by atoms with E-state index in [4.69, 9.17) is 9.47 Å². The zero-order chi connectivity index (χ0) is 19.1. The summed E-state index contributed by atoms with van der Waals surface area (Å²) in [5.41, 5.74) is 5.55. The molecule has 0 radical (unpaired) electrons. The van der Waals surface area contributed by atoms with Gasteiger partial charge in [0.1, 0.15) is 5.75 Å². The van der Waals surface area contributed by atoms with Crippen LogP contribution in [0.1, 0.15) is 46.5 Å². The van der Waals surface area contributed by atoms with Crippen LogP contribution in [-0.2, 0) is 11.2 Å². The van der Waals surface area contributed by atoms with Gasteiger partial charge in [-0.05, 0) is 49.9 Å². The van der Waals surface area contributed by atoms with Gasteiger partial charge in [-0.1, -0.05) is 54.1 Å². The van der Waals surface area contributed by atoms with Crippen molar-refractivity contribution in [2.75, 3.05) is 14.2 Å². The fourth-order valence-corrected chi connectivity index (χ4v) is 2.85. The third-order valence-corrected chi connectivity index (χ3v) is 4.28. The van der Waals surface area contributed by atoms with Gasteiger partial charge in [-0.15, -0.1) is 0 Å². The molecule has 3 nitrogen and oxygen atoms in total. The molecule has 0 amide bonds. The van der Waals surface area contributed by atoms with Crippen molar-refractivity contribution >= 4 is 18.1 Å². The summed E-state index contributed by atoms with van der Waals surface area (Å²) in [6.07, 6.45) is 6.76. The van der Waals surface area contributed by atoms with Crippen molar-refractivity contribution in [2.24, 2.45) is 0 Å². The van der Waals surface area contributed by atoms with Crippen molar-refractivity contribution in [1.82, 2.24) is 0 Å². The topological polar surface area (TPSA) is 35.5 Å². The molecule has 0 aliphatic heterocycles. The van der Waals surface area contributed by atoms with E-state index in [1.165, 1.54) is 12.7 Å². The third-order valence-electron chi connectivity index (χ3n) is 4.28. The van der Waals surface area contributed by atoms with Crippen molar-refractivity contribution in [3.63, 3.8) is 0 Å². The number of hydrogen-bond donors (Lipinski definition) is 0. The van der Waals surface area contributed by atoms with Crippen LogP contribution in [0.15, 0.2) is 48.0 Å². The van der Waals surface area contributed by atoms with E-state index in [0.29, 0.717) is 12.0 Å². The minimum absolute atomic E-state index is 0.337. The fraction of sp³-hybridized carbons (Fsp3) is 0.261. The number of hydrogen-bond acceptors (Lipinski definition) is 3. The van der Waals surface area contributed by atoms with Crippen molar-refractivity contribution in [3.05, 3.63) is 75.9 Å². The minimum atomic E-state index is -0.337. The maximum absolute atomic E-state index is 12.4. The molecule has 0 heterocycles. The van der Waals surface area contributed by atoms with Gasteiger partial charge in [0.25, 0.3) is 0 Å². The second kappa shape index (κ2) is 9.04. The van der Waals surface area contributed by atoms with Crippen molar-refractivity contribution in [2.45, 2.75) is 27.2 Å². The number of rotatable bonds is 6. The van der Waals surface area contributed by atoms with Crippen molar-refractivity contribution in [1.29, 1.82) is 0 Å². The second-order valence-electron chi connectivity index (χ2n) is 6.37. The Kier molecular flexibility index (Phi) is 6.79. The maximum Gasteiger partial charge on any atom is 0.338 e. The van der Waals surface area contributed by atoms with Crippen LogP contribution in [0.5, 0.6) is 5.75 Å². The highest BCUT2D eigenvalue weighted by Gasteiger charge is 2.20. The van der Waals surface area contributed by atoms with Crippen LogP contribution in [-0.4, -0.2) is 20.2 Å². The van der Waals surface area contributed by atoms with Crippen molar-refractivity contribution in [3.8, 4) is 5.75 Å². The summed E-state index contributed by atoms with van der Waals surface area (Å²) in [7, 11) is 3.07. The van der Waals surface area contributed by atoms with E-state index in [1.54, 1.807) is 7.11 Å². The lowest BCUT2D eigenvalue weighted by Crippen LogP contribution is -2.10. The lowest BCUT2D eigenvalue weighted by molar-refractivity contribution is 0.0599. The molecule has 136 valence electrons. The van der Waals surface area contributed by atoms with Gasteiger partial charge in [-0.3, -0.25) is 0 Å². The summed E-state index contributed by atoms with van der Waals surface area (Å²) in [5, 5.41) is 0. The molecule has 2 aromatic carbocycles. The largest absolute Gasteiger partial charge is 0.496 e. The molecule has 0 bridgehead atoms. The highest BCUT2D eigenvalue weighted by Crippen LogP contribution is 2.31. The normalized spacial score (nSPS) is 10.7. The zero-order valence-corrected chi connectivity index (χ0v) is 16.1. The monoisotopic (exact) mass is 350 g/mol. The standard InChI is InChI=1S/C23H26O3/c1-16(2)11-14-20-17(3)22(23(24)26-5)19(15-21(20)25-4)13-12-18-9-7-6-8-10-18/h6-13,15H,14H2,1-5H3/b13-12+. The van der Waals surface area contributed by atoms with Crippen LogP contribution in [0.2, 0.25) is 0 Å². The molecule has 0 aliphatic rings. The third kappa shape index (κ3) is 4.63. The van der Waals surface area contributed by atoms with Crippen LogP contribution < -0.4 is 4.74 Å². The Labute approximate surface area is 156 Å². The highest BCUT2D eigenvalue weighted by atomic mass is 16.5. The number of allylic oxidation sites excluding steroid dienone is 2. The molecule has 0 atom stereocenters. The molecular formula is C23H26O3.